The Morgan fingerprint density at radius 2 is 2.40 bits per heavy atom. The molecule has 0 spiro atoms. The summed E-state index contributed by atoms with van der Waals surface area (Å²) in [6, 6.07) is 0.341. The molecule has 0 radical (unpaired) electrons. The molecule has 7 heteroatoms. The molecule has 1 aliphatic rings. The summed E-state index contributed by atoms with van der Waals surface area (Å²) in [4.78, 5) is 17.1. The molecule has 0 amide bonds. The van der Waals surface area contributed by atoms with E-state index in [9.17, 15) is 10.1 Å². The molecule has 1 N–H and O–H groups in total. The number of hydrogen-bond donors (Lipinski definition) is 1. The van der Waals surface area contributed by atoms with Crippen LogP contribution in [0.5, 0.6) is 0 Å². The summed E-state index contributed by atoms with van der Waals surface area (Å²) in [7, 11) is 0. The lowest BCUT2D eigenvalue weighted by molar-refractivity contribution is -0.385. The zero-order chi connectivity index (χ0) is 14.7. The Hall–Kier alpha value is -1.21. The van der Waals surface area contributed by atoms with Gasteiger partial charge in [-0.2, -0.15) is 0 Å². The van der Waals surface area contributed by atoms with Gasteiger partial charge in [0.05, 0.1) is 9.40 Å². The molecular weight excluding hydrogens is 324 g/mol. The van der Waals surface area contributed by atoms with Gasteiger partial charge >= 0.3 is 0 Å². The Kier molecular flexibility index (Phi) is 4.93. The van der Waals surface area contributed by atoms with Crippen LogP contribution in [0.4, 0.5) is 11.5 Å². The van der Waals surface area contributed by atoms with Crippen molar-refractivity contribution < 1.29 is 4.92 Å². The van der Waals surface area contributed by atoms with E-state index in [4.69, 9.17) is 0 Å². The van der Waals surface area contributed by atoms with Gasteiger partial charge in [-0.3, -0.25) is 10.1 Å². The quantitative estimate of drug-likeness (QED) is 0.672. The minimum Gasteiger partial charge on any atom is -0.365 e. The minimum absolute atomic E-state index is 0.0428. The van der Waals surface area contributed by atoms with Gasteiger partial charge in [-0.25, -0.2) is 4.98 Å². The van der Waals surface area contributed by atoms with Crippen molar-refractivity contribution in [3.05, 3.63) is 26.3 Å². The van der Waals surface area contributed by atoms with Gasteiger partial charge in [0.25, 0.3) is 5.69 Å². The third kappa shape index (κ3) is 3.27. The topological polar surface area (TPSA) is 71.3 Å². The van der Waals surface area contributed by atoms with E-state index in [0.717, 1.165) is 32.5 Å². The second-order valence-electron chi connectivity index (χ2n) is 5.06. The number of pyridine rings is 1. The average molecular weight is 343 g/mol. The second-order valence-corrected chi connectivity index (χ2v) is 5.86. The molecule has 1 aromatic rings. The normalized spacial score (nSPS) is 19.9. The Bertz CT molecular complexity index is 509. The third-order valence-electron chi connectivity index (χ3n) is 3.73. The van der Waals surface area contributed by atoms with Crippen molar-refractivity contribution >= 4 is 27.4 Å². The summed E-state index contributed by atoms with van der Waals surface area (Å²) >= 11 is 3.42. The van der Waals surface area contributed by atoms with Gasteiger partial charge in [0, 0.05) is 18.2 Å². The molecule has 0 aromatic carbocycles. The molecule has 6 nitrogen and oxygen atoms in total. The maximum absolute atomic E-state index is 10.9. The summed E-state index contributed by atoms with van der Waals surface area (Å²) in [6.45, 7) is 7.07. The number of nitrogens with zero attached hydrogens (tertiary/aromatic N) is 3. The van der Waals surface area contributed by atoms with Gasteiger partial charge in [-0.05, 0) is 48.8 Å². The first kappa shape index (κ1) is 15.2. The molecule has 1 aliphatic heterocycles. The predicted octanol–water partition coefficient (Wildman–Crippen LogP) is 2.96. The summed E-state index contributed by atoms with van der Waals surface area (Å²) in [5.41, 5.74) is 0.650. The molecular formula is C13H19BrN4O2. The number of likely N-dealkylation sites (N-methyl/N-ethyl adjacent to an activating group) is 1. The molecule has 0 bridgehead atoms. The van der Waals surface area contributed by atoms with Crippen LogP contribution in [-0.2, 0) is 0 Å². The van der Waals surface area contributed by atoms with Crippen LogP contribution in [0.3, 0.4) is 0 Å². The zero-order valence-corrected chi connectivity index (χ0v) is 13.3. The highest BCUT2D eigenvalue weighted by Crippen LogP contribution is 2.31. The van der Waals surface area contributed by atoms with Crippen molar-refractivity contribution in [2.45, 2.75) is 32.7 Å². The largest absolute Gasteiger partial charge is 0.365 e. The fraction of sp³-hybridized carbons (Fsp3) is 0.615. The first-order valence-corrected chi connectivity index (χ1v) is 7.60. The molecule has 1 aromatic heterocycles. The van der Waals surface area contributed by atoms with E-state index in [2.05, 4.69) is 38.1 Å². The van der Waals surface area contributed by atoms with Crippen LogP contribution < -0.4 is 5.32 Å². The molecule has 1 atom stereocenters. The van der Waals surface area contributed by atoms with E-state index in [-0.39, 0.29) is 5.69 Å². The minimum atomic E-state index is -0.406. The fourth-order valence-corrected chi connectivity index (χ4v) is 2.93. The summed E-state index contributed by atoms with van der Waals surface area (Å²) in [5, 5.41) is 14.3. The fourth-order valence-electron chi connectivity index (χ4n) is 2.51. The number of halogens is 1. The van der Waals surface area contributed by atoms with Crippen LogP contribution in [-0.4, -0.2) is 40.5 Å². The van der Waals surface area contributed by atoms with Crippen LogP contribution in [0.25, 0.3) is 0 Å². The van der Waals surface area contributed by atoms with Crippen LogP contribution in [0.15, 0.2) is 10.7 Å². The monoisotopic (exact) mass is 342 g/mol. The van der Waals surface area contributed by atoms with E-state index < -0.39 is 4.92 Å². The zero-order valence-electron chi connectivity index (χ0n) is 11.7. The summed E-state index contributed by atoms with van der Waals surface area (Å²) in [5.74, 6) is 0.691. The van der Waals surface area contributed by atoms with Gasteiger partial charge in [-0.1, -0.05) is 6.92 Å². The lowest BCUT2D eigenvalue weighted by Gasteiger charge is -2.32. The smallest absolute Gasteiger partial charge is 0.291 e. The lowest BCUT2D eigenvalue weighted by atomic mass is 10.1. The second kappa shape index (κ2) is 6.49. The Morgan fingerprint density at radius 1 is 1.65 bits per heavy atom. The van der Waals surface area contributed by atoms with E-state index in [1.165, 1.54) is 6.20 Å². The molecule has 2 rings (SSSR count). The molecule has 1 fully saturated rings. The van der Waals surface area contributed by atoms with Crippen LogP contribution >= 0.6 is 15.9 Å². The number of likely N-dealkylation sites (tertiary alicyclic amines) is 1. The van der Waals surface area contributed by atoms with Gasteiger partial charge in [0.2, 0.25) is 0 Å². The van der Waals surface area contributed by atoms with E-state index in [0.29, 0.717) is 21.9 Å². The van der Waals surface area contributed by atoms with E-state index in [1.54, 1.807) is 6.92 Å². The van der Waals surface area contributed by atoms with Crippen molar-refractivity contribution in [3.8, 4) is 0 Å². The van der Waals surface area contributed by atoms with Gasteiger partial charge < -0.3 is 10.2 Å². The first-order chi connectivity index (χ1) is 9.52. The highest BCUT2D eigenvalue weighted by Gasteiger charge is 2.22. The van der Waals surface area contributed by atoms with E-state index in [1.807, 2.05) is 0 Å². The summed E-state index contributed by atoms with van der Waals surface area (Å²) in [6.07, 6.45) is 3.58. The highest BCUT2D eigenvalue weighted by atomic mass is 79.9. The molecule has 20 heavy (non-hydrogen) atoms. The molecule has 0 aliphatic carbocycles. The molecule has 0 saturated carbocycles. The standard InChI is InChI=1S/C13H19BrN4O2/c1-3-17-6-4-5-10(8-17)16-13-12(14)9(2)11(7-15-13)18(19)20/h7,10H,3-6,8H2,1-2H3,(H,15,16). The number of nitro groups is 1. The predicted molar refractivity (Wildman–Crippen MR) is 82.1 cm³/mol. The van der Waals surface area contributed by atoms with Gasteiger partial charge in [-0.15, -0.1) is 0 Å². The number of nitrogens with one attached hydrogen (secondary N) is 1. The Labute approximate surface area is 126 Å². The number of aromatic nitrogens is 1. The number of anilines is 1. The number of piperidine rings is 1. The molecule has 1 saturated heterocycles. The van der Waals surface area contributed by atoms with Gasteiger partial charge in [0.1, 0.15) is 12.0 Å². The Balaban J connectivity index is 2.14. The van der Waals surface area contributed by atoms with E-state index >= 15 is 0 Å². The third-order valence-corrected chi connectivity index (χ3v) is 4.70. The van der Waals surface area contributed by atoms with Crippen molar-refractivity contribution in [2.75, 3.05) is 25.0 Å². The first-order valence-electron chi connectivity index (χ1n) is 6.81. The van der Waals surface area contributed by atoms with Crippen molar-refractivity contribution in [1.29, 1.82) is 0 Å². The SMILES string of the molecule is CCN1CCCC(Nc2ncc([N+](=O)[O-])c(C)c2Br)C1. The van der Waals surface area contributed by atoms with Crippen molar-refractivity contribution in [2.24, 2.45) is 0 Å². The summed E-state index contributed by atoms with van der Waals surface area (Å²) < 4.78 is 0.681. The lowest BCUT2D eigenvalue weighted by Crippen LogP contribution is -2.42. The van der Waals surface area contributed by atoms with Crippen LogP contribution in [0.1, 0.15) is 25.3 Å². The molecule has 1 unspecified atom stereocenters. The number of hydrogen-bond acceptors (Lipinski definition) is 5. The maximum Gasteiger partial charge on any atom is 0.291 e. The molecule has 110 valence electrons. The molecule has 2 heterocycles. The highest BCUT2D eigenvalue weighted by molar-refractivity contribution is 9.10. The average Bonchev–Trinajstić information content (AvgIpc) is 2.44. The Morgan fingerprint density at radius 3 is 3.05 bits per heavy atom. The van der Waals surface area contributed by atoms with Gasteiger partial charge in [0.15, 0.2) is 0 Å². The number of rotatable bonds is 4. The van der Waals surface area contributed by atoms with Crippen LogP contribution in [0, 0.1) is 17.0 Å². The van der Waals surface area contributed by atoms with Crippen molar-refractivity contribution in [3.63, 3.8) is 0 Å². The van der Waals surface area contributed by atoms with Crippen molar-refractivity contribution in [1.82, 2.24) is 9.88 Å². The maximum atomic E-state index is 10.9. The van der Waals surface area contributed by atoms with Crippen LogP contribution in [0.2, 0.25) is 0 Å².